The fourth-order valence-electron chi connectivity index (χ4n) is 2.29. The fraction of sp³-hybridized carbons (Fsp3) is 0. The molecule has 28 heavy (non-hydrogen) atoms. The largest absolute Gasteiger partial charge is 0.332 e. The number of anilines is 2. The molecule has 3 aromatic rings. The third-order valence-corrected chi connectivity index (χ3v) is 4.68. The van der Waals surface area contributed by atoms with Gasteiger partial charge in [0.2, 0.25) is 5.91 Å². The molecule has 0 bridgehead atoms. The number of carbonyl (C=O) groups excluding carboxylic acids is 2. The summed E-state index contributed by atoms with van der Waals surface area (Å²) in [7, 11) is 0. The van der Waals surface area contributed by atoms with Crippen LogP contribution >= 0.6 is 23.6 Å². The molecule has 0 aliphatic carbocycles. The highest BCUT2D eigenvalue weighted by molar-refractivity contribution is 7.80. The molecular formula is C21H17N3O2S2. The van der Waals surface area contributed by atoms with E-state index >= 15 is 0 Å². The van der Waals surface area contributed by atoms with Crippen molar-refractivity contribution in [2.75, 3.05) is 10.6 Å². The number of thiocarbonyl (C=S) groups is 1. The van der Waals surface area contributed by atoms with Gasteiger partial charge in [-0.15, -0.1) is 11.3 Å². The first kappa shape index (κ1) is 19.5. The first-order chi connectivity index (χ1) is 13.6. The molecule has 0 aliphatic rings. The first-order valence-electron chi connectivity index (χ1n) is 8.40. The van der Waals surface area contributed by atoms with Gasteiger partial charge in [-0.1, -0.05) is 36.4 Å². The summed E-state index contributed by atoms with van der Waals surface area (Å²) in [5.41, 5.74) is 2.30. The van der Waals surface area contributed by atoms with Gasteiger partial charge in [-0.05, 0) is 59.6 Å². The Morgan fingerprint density at radius 2 is 1.54 bits per heavy atom. The van der Waals surface area contributed by atoms with Crippen LogP contribution in [-0.2, 0) is 4.79 Å². The molecule has 2 amide bonds. The average Bonchev–Trinajstić information content (AvgIpc) is 3.24. The molecule has 140 valence electrons. The van der Waals surface area contributed by atoms with Crippen molar-refractivity contribution >= 4 is 57.9 Å². The van der Waals surface area contributed by atoms with Crippen LogP contribution in [0.2, 0.25) is 0 Å². The Hall–Kier alpha value is -3.29. The predicted octanol–water partition coefficient (Wildman–Crippen LogP) is 4.53. The van der Waals surface area contributed by atoms with Crippen molar-refractivity contribution in [1.82, 2.24) is 5.32 Å². The number of rotatable bonds is 5. The number of hydrogen-bond donors (Lipinski definition) is 3. The lowest BCUT2D eigenvalue weighted by Gasteiger charge is -2.09. The van der Waals surface area contributed by atoms with Crippen molar-refractivity contribution in [3.8, 4) is 0 Å². The molecule has 0 fully saturated rings. The highest BCUT2D eigenvalue weighted by Gasteiger charge is 2.07. The first-order valence-corrected chi connectivity index (χ1v) is 9.69. The van der Waals surface area contributed by atoms with Crippen LogP contribution in [0.1, 0.15) is 15.2 Å². The maximum atomic E-state index is 12.0. The quantitative estimate of drug-likeness (QED) is 0.429. The van der Waals surface area contributed by atoms with Gasteiger partial charge < -0.3 is 10.6 Å². The fourth-order valence-corrected chi connectivity index (χ4v) is 3.13. The third-order valence-electron chi connectivity index (χ3n) is 3.61. The maximum Gasteiger partial charge on any atom is 0.265 e. The number of amides is 2. The van der Waals surface area contributed by atoms with E-state index in [2.05, 4.69) is 16.0 Å². The Morgan fingerprint density at radius 1 is 0.857 bits per heavy atom. The molecule has 0 aliphatic heterocycles. The van der Waals surface area contributed by atoms with Gasteiger partial charge in [0.15, 0.2) is 5.11 Å². The molecule has 0 atom stereocenters. The summed E-state index contributed by atoms with van der Waals surface area (Å²) in [5.74, 6) is -0.468. The molecule has 0 saturated carbocycles. The molecular weight excluding hydrogens is 390 g/mol. The molecule has 1 aromatic heterocycles. The number of hydrogen-bond acceptors (Lipinski definition) is 4. The van der Waals surface area contributed by atoms with Crippen LogP contribution in [0.4, 0.5) is 11.4 Å². The lowest BCUT2D eigenvalue weighted by molar-refractivity contribution is -0.115. The van der Waals surface area contributed by atoms with E-state index in [4.69, 9.17) is 12.2 Å². The second kappa shape index (κ2) is 9.59. The van der Waals surface area contributed by atoms with E-state index in [0.717, 1.165) is 5.56 Å². The summed E-state index contributed by atoms with van der Waals surface area (Å²) in [5, 5.41) is 10.4. The van der Waals surface area contributed by atoms with Crippen molar-refractivity contribution in [1.29, 1.82) is 0 Å². The zero-order chi connectivity index (χ0) is 19.8. The number of thiophene rings is 1. The molecule has 0 unspecified atom stereocenters. The number of nitrogens with one attached hydrogen (secondary N) is 3. The van der Waals surface area contributed by atoms with Gasteiger partial charge >= 0.3 is 0 Å². The molecule has 3 rings (SSSR count). The summed E-state index contributed by atoms with van der Waals surface area (Å²) in [6.07, 6.45) is 3.13. The Balaban J connectivity index is 1.49. The minimum Gasteiger partial charge on any atom is -0.332 e. The maximum absolute atomic E-state index is 12.0. The van der Waals surface area contributed by atoms with Crippen LogP contribution in [0.15, 0.2) is 78.2 Å². The predicted molar refractivity (Wildman–Crippen MR) is 119 cm³/mol. The van der Waals surface area contributed by atoms with Crippen molar-refractivity contribution in [2.24, 2.45) is 0 Å². The van der Waals surface area contributed by atoms with Gasteiger partial charge in [0.05, 0.1) is 4.88 Å². The Morgan fingerprint density at radius 3 is 2.18 bits per heavy atom. The van der Waals surface area contributed by atoms with Gasteiger partial charge in [0.1, 0.15) is 0 Å². The van der Waals surface area contributed by atoms with Gasteiger partial charge in [-0.3, -0.25) is 14.9 Å². The van der Waals surface area contributed by atoms with E-state index in [1.807, 2.05) is 41.8 Å². The van der Waals surface area contributed by atoms with Crippen LogP contribution in [-0.4, -0.2) is 16.9 Å². The highest BCUT2D eigenvalue weighted by Crippen LogP contribution is 2.16. The Kier molecular flexibility index (Phi) is 6.67. The third kappa shape index (κ3) is 5.87. The average molecular weight is 408 g/mol. The van der Waals surface area contributed by atoms with E-state index in [-0.39, 0.29) is 16.9 Å². The standard InChI is InChI=1S/C21H17N3O2S2/c25-19(13-8-15-5-2-1-3-6-15)24-21(27)23-17-11-9-16(10-12-17)22-20(26)18-7-4-14-28-18/h1-14H,(H,22,26)(H2,23,24,25,27)/b13-8+. The smallest absolute Gasteiger partial charge is 0.265 e. The molecule has 2 aromatic carbocycles. The van der Waals surface area contributed by atoms with Gasteiger partial charge in [0, 0.05) is 17.5 Å². The minimum atomic E-state index is -0.318. The van der Waals surface area contributed by atoms with Crippen LogP contribution in [0.25, 0.3) is 6.08 Å². The lowest BCUT2D eigenvalue weighted by Crippen LogP contribution is -2.32. The van der Waals surface area contributed by atoms with Gasteiger partial charge in [-0.25, -0.2) is 0 Å². The monoisotopic (exact) mass is 407 g/mol. The van der Waals surface area contributed by atoms with E-state index in [1.54, 1.807) is 36.4 Å². The molecule has 3 N–H and O–H groups in total. The van der Waals surface area contributed by atoms with Crippen LogP contribution in [0.3, 0.4) is 0 Å². The highest BCUT2D eigenvalue weighted by atomic mass is 32.1. The zero-order valence-corrected chi connectivity index (χ0v) is 16.3. The second-order valence-electron chi connectivity index (χ2n) is 5.70. The van der Waals surface area contributed by atoms with Crippen molar-refractivity contribution in [3.63, 3.8) is 0 Å². The van der Waals surface area contributed by atoms with E-state index in [0.29, 0.717) is 16.3 Å². The minimum absolute atomic E-state index is 0.149. The molecule has 5 nitrogen and oxygen atoms in total. The van der Waals surface area contributed by atoms with Crippen LogP contribution in [0, 0.1) is 0 Å². The van der Waals surface area contributed by atoms with Crippen molar-refractivity contribution in [3.05, 3.63) is 88.6 Å². The van der Waals surface area contributed by atoms with Crippen molar-refractivity contribution in [2.45, 2.75) is 0 Å². The summed E-state index contributed by atoms with van der Waals surface area (Å²) in [6.45, 7) is 0. The summed E-state index contributed by atoms with van der Waals surface area (Å²) < 4.78 is 0. The van der Waals surface area contributed by atoms with E-state index < -0.39 is 0 Å². The Labute approximate surface area is 172 Å². The second-order valence-corrected chi connectivity index (χ2v) is 7.05. The zero-order valence-electron chi connectivity index (χ0n) is 14.7. The lowest BCUT2D eigenvalue weighted by atomic mass is 10.2. The molecule has 0 saturated heterocycles. The summed E-state index contributed by atoms with van der Waals surface area (Å²) in [4.78, 5) is 24.6. The van der Waals surface area contributed by atoms with E-state index in [9.17, 15) is 9.59 Å². The Bertz CT molecular complexity index is 982. The normalized spacial score (nSPS) is 10.4. The molecule has 0 spiro atoms. The SMILES string of the molecule is O=C(/C=C/c1ccccc1)NC(=S)Nc1ccc(NC(=O)c2cccs2)cc1. The van der Waals surface area contributed by atoms with E-state index in [1.165, 1.54) is 17.4 Å². The number of benzene rings is 2. The van der Waals surface area contributed by atoms with Gasteiger partial charge in [-0.2, -0.15) is 0 Å². The molecule has 1 heterocycles. The summed E-state index contributed by atoms with van der Waals surface area (Å²) in [6, 6.07) is 20.2. The topological polar surface area (TPSA) is 70.2 Å². The number of carbonyl (C=O) groups is 2. The van der Waals surface area contributed by atoms with Crippen LogP contribution in [0.5, 0.6) is 0 Å². The van der Waals surface area contributed by atoms with Crippen molar-refractivity contribution < 1.29 is 9.59 Å². The summed E-state index contributed by atoms with van der Waals surface area (Å²) >= 11 is 6.54. The van der Waals surface area contributed by atoms with Gasteiger partial charge in [0.25, 0.3) is 5.91 Å². The molecule has 0 radical (unpaired) electrons. The molecule has 7 heteroatoms. The van der Waals surface area contributed by atoms with Crippen LogP contribution < -0.4 is 16.0 Å².